The van der Waals surface area contributed by atoms with Crippen molar-refractivity contribution in [3.63, 3.8) is 0 Å². The standard InChI is InChI=1S/C16H22N2O2/c19-16(20)12-18-9-7-17(8-10-18)11-13-1-3-14(4-2-13)15-5-6-15/h1-4,15H,5-12H2,(H,19,20). The van der Waals surface area contributed by atoms with Gasteiger partial charge in [-0.2, -0.15) is 0 Å². The lowest BCUT2D eigenvalue weighted by Gasteiger charge is -2.33. The molecule has 4 heteroatoms. The van der Waals surface area contributed by atoms with Gasteiger partial charge in [0.15, 0.2) is 0 Å². The van der Waals surface area contributed by atoms with Crippen LogP contribution in [0.2, 0.25) is 0 Å². The molecule has 108 valence electrons. The van der Waals surface area contributed by atoms with Crippen molar-refractivity contribution in [2.75, 3.05) is 32.7 Å². The van der Waals surface area contributed by atoms with Crippen LogP contribution < -0.4 is 0 Å². The highest BCUT2D eigenvalue weighted by atomic mass is 16.4. The van der Waals surface area contributed by atoms with Crippen molar-refractivity contribution in [1.29, 1.82) is 0 Å². The zero-order valence-corrected chi connectivity index (χ0v) is 11.8. The summed E-state index contributed by atoms with van der Waals surface area (Å²) >= 11 is 0. The van der Waals surface area contributed by atoms with Crippen molar-refractivity contribution >= 4 is 5.97 Å². The van der Waals surface area contributed by atoms with Crippen molar-refractivity contribution in [1.82, 2.24) is 9.80 Å². The molecule has 0 atom stereocenters. The Morgan fingerprint density at radius 3 is 2.20 bits per heavy atom. The molecule has 2 aliphatic rings. The van der Waals surface area contributed by atoms with Crippen LogP contribution in [0.1, 0.15) is 29.9 Å². The van der Waals surface area contributed by atoms with Crippen LogP contribution >= 0.6 is 0 Å². The molecule has 0 spiro atoms. The Hall–Kier alpha value is -1.39. The van der Waals surface area contributed by atoms with E-state index in [0.29, 0.717) is 0 Å². The zero-order valence-electron chi connectivity index (χ0n) is 11.8. The summed E-state index contributed by atoms with van der Waals surface area (Å²) < 4.78 is 0. The monoisotopic (exact) mass is 274 g/mol. The molecule has 1 saturated carbocycles. The summed E-state index contributed by atoms with van der Waals surface area (Å²) in [6.07, 6.45) is 2.70. The molecule has 1 aromatic carbocycles. The van der Waals surface area contributed by atoms with Crippen LogP contribution in [-0.2, 0) is 11.3 Å². The Bertz CT molecular complexity index is 460. The second kappa shape index (κ2) is 5.94. The maximum atomic E-state index is 10.7. The summed E-state index contributed by atoms with van der Waals surface area (Å²) in [6.45, 7) is 4.77. The van der Waals surface area contributed by atoms with E-state index in [1.54, 1.807) is 0 Å². The summed E-state index contributed by atoms with van der Waals surface area (Å²) in [5.41, 5.74) is 2.85. The van der Waals surface area contributed by atoms with E-state index in [0.717, 1.165) is 38.6 Å². The SMILES string of the molecule is O=C(O)CN1CCN(Cc2ccc(C3CC3)cc2)CC1. The zero-order chi connectivity index (χ0) is 13.9. The third kappa shape index (κ3) is 3.58. The number of carboxylic acids is 1. The van der Waals surface area contributed by atoms with E-state index < -0.39 is 5.97 Å². The molecule has 0 bridgehead atoms. The highest BCUT2D eigenvalue weighted by Crippen LogP contribution is 2.39. The smallest absolute Gasteiger partial charge is 0.317 e. The molecule has 1 N–H and O–H groups in total. The summed E-state index contributed by atoms with van der Waals surface area (Å²) in [4.78, 5) is 15.1. The number of hydrogen-bond donors (Lipinski definition) is 1. The minimum absolute atomic E-state index is 0.171. The highest BCUT2D eigenvalue weighted by Gasteiger charge is 2.23. The molecule has 0 amide bonds. The molecule has 1 heterocycles. The summed E-state index contributed by atoms with van der Waals surface area (Å²) in [5, 5.41) is 8.79. The third-order valence-electron chi connectivity index (χ3n) is 4.26. The van der Waals surface area contributed by atoms with Crippen LogP contribution in [0.3, 0.4) is 0 Å². The Balaban J connectivity index is 1.47. The van der Waals surface area contributed by atoms with Gasteiger partial charge in [-0.05, 0) is 29.9 Å². The molecule has 3 rings (SSSR count). The molecule has 1 aliphatic heterocycles. The van der Waals surface area contributed by atoms with Gasteiger partial charge in [0, 0.05) is 32.7 Å². The van der Waals surface area contributed by atoms with Crippen LogP contribution in [0.5, 0.6) is 0 Å². The third-order valence-corrected chi connectivity index (χ3v) is 4.26. The quantitative estimate of drug-likeness (QED) is 0.888. The molecule has 1 aliphatic carbocycles. The molecule has 0 unspecified atom stereocenters. The molecular formula is C16H22N2O2. The van der Waals surface area contributed by atoms with E-state index in [-0.39, 0.29) is 6.54 Å². The van der Waals surface area contributed by atoms with E-state index in [1.165, 1.54) is 24.0 Å². The molecule has 20 heavy (non-hydrogen) atoms. The number of piperazine rings is 1. The highest BCUT2D eigenvalue weighted by molar-refractivity contribution is 5.69. The predicted molar refractivity (Wildman–Crippen MR) is 77.8 cm³/mol. The minimum Gasteiger partial charge on any atom is -0.480 e. The topological polar surface area (TPSA) is 43.8 Å². The van der Waals surface area contributed by atoms with E-state index in [2.05, 4.69) is 29.2 Å². The second-order valence-electron chi connectivity index (χ2n) is 5.96. The average molecular weight is 274 g/mol. The fraction of sp³-hybridized carbons (Fsp3) is 0.562. The maximum absolute atomic E-state index is 10.7. The van der Waals surface area contributed by atoms with Crippen molar-refractivity contribution < 1.29 is 9.90 Å². The summed E-state index contributed by atoms with van der Waals surface area (Å²) in [6, 6.07) is 9.04. The lowest BCUT2D eigenvalue weighted by Crippen LogP contribution is -2.47. The van der Waals surface area contributed by atoms with Gasteiger partial charge in [0.2, 0.25) is 0 Å². The first kappa shape index (κ1) is 13.6. The first-order chi connectivity index (χ1) is 9.70. The Morgan fingerprint density at radius 1 is 1.05 bits per heavy atom. The molecule has 2 fully saturated rings. The van der Waals surface area contributed by atoms with E-state index >= 15 is 0 Å². The van der Waals surface area contributed by atoms with Crippen LogP contribution in [0.25, 0.3) is 0 Å². The molecule has 0 aromatic heterocycles. The van der Waals surface area contributed by atoms with Crippen LogP contribution in [0.4, 0.5) is 0 Å². The maximum Gasteiger partial charge on any atom is 0.317 e. The lowest BCUT2D eigenvalue weighted by atomic mass is 10.1. The van der Waals surface area contributed by atoms with Crippen LogP contribution in [-0.4, -0.2) is 53.6 Å². The Labute approximate surface area is 120 Å². The van der Waals surface area contributed by atoms with E-state index in [1.807, 2.05) is 4.90 Å². The van der Waals surface area contributed by atoms with Gasteiger partial charge in [-0.25, -0.2) is 0 Å². The summed E-state index contributed by atoms with van der Waals surface area (Å²) in [5.74, 6) is 0.0951. The van der Waals surface area contributed by atoms with Gasteiger partial charge in [0.25, 0.3) is 0 Å². The normalized spacial score (nSPS) is 21.0. The number of hydrogen-bond acceptors (Lipinski definition) is 3. The van der Waals surface area contributed by atoms with Crippen molar-refractivity contribution in [2.24, 2.45) is 0 Å². The molecule has 1 aromatic rings. The van der Waals surface area contributed by atoms with Crippen molar-refractivity contribution in [3.8, 4) is 0 Å². The van der Waals surface area contributed by atoms with Gasteiger partial charge in [0.05, 0.1) is 6.54 Å². The number of aliphatic carboxylic acids is 1. The van der Waals surface area contributed by atoms with Gasteiger partial charge >= 0.3 is 5.97 Å². The number of benzene rings is 1. The first-order valence-corrected chi connectivity index (χ1v) is 7.46. The van der Waals surface area contributed by atoms with Gasteiger partial charge in [-0.3, -0.25) is 14.6 Å². The average Bonchev–Trinajstić information content (AvgIpc) is 3.26. The number of carboxylic acid groups (broad SMARTS) is 1. The molecule has 0 radical (unpaired) electrons. The number of rotatable bonds is 5. The fourth-order valence-electron chi connectivity index (χ4n) is 2.87. The van der Waals surface area contributed by atoms with Gasteiger partial charge in [0.1, 0.15) is 0 Å². The van der Waals surface area contributed by atoms with Crippen LogP contribution in [0.15, 0.2) is 24.3 Å². The Kier molecular flexibility index (Phi) is 4.03. The van der Waals surface area contributed by atoms with Gasteiger partial charge in [-0.1, -0.05) is 24.3 Å². The molecular weight excluding hydrogens is 252 g/mol. The van der Waals surface area contributed by atoms with Gasteiger partial charge < -0.3 is 5.11 Å². The largest absolute Gasteiger partial charge is 0.480 e. The first-order valence-electron chi connectivity index (χ1n) is 7.46. The van der Waals surface area contributed by atoms with E-state index in [4.69, 9.17) is 5.11 Å². The summed E-state index contributed by atoms with van der Waals surface area (Å²) in [7, 11) is 0. The minimum atomic E-state index is -0.728. The van der Waals surface area contributed by atoms with Gasteiger partial charge in [-0.15, -0.1) is 0 Å². The van der Waals surface area contributed by atoms with Crippen molar-refractivity contribution in [2.45, 2.75) is 25.3 Å². The van der Waals surface area contributed by atoms with Crippen LogP contribution in [0, 0.1) is 0 Å². The second-order valence-corrected chi connectivity index (χ2v) is 5.96. The Morgan fingerprint density at radius 2 is 1.65 bits per heavy atom. The predicted octanol–water partition coefficient (Wildman–Crippen LogP) is 1.77. The van der Waals surface area contributed by atoms with Crippen molar-refractivity contribution in [3.05, 3.63) is 35.4 Å². The lowest BCUT2D eigenvalue weighted by molar-refractivity contribution is -0.138. The molecule has 1 saturated heterocycles. The number of carbonyl (C=O) groups is 1. The molecule has 4 nitrogen and oxygen atoms in total. The number of nitrogens with zero attached hydrogens (tertiary/aromatic N) is 2. The fourth-order valence-corrected chi connectivity index (χ4v) is 2.87. The van der Waals surface area contributed by atoms with E-state index in [9.17, 15) is 4.79 Å².